The number of amides is 1. The Bertz CT molecular complexity index is 687. The Hall–Kier alpha value is -2.77. The molecule has 0 fully saturated rings. The molecule has 2 N–H and O–H groups in total. The number of hydrogen-bond donors (Lipinski definition) is 2. The van der Waals surface area contributed by atoms with Gasteiger partial charge in [-0.05, 0) is 6.07 Å². The number of hydrogen-bond acceptors (Lipinski definition) is 5. The quantitative estimate of drug-likeness (QED) is 0.664. The van der Waals surface area contributed by atoms with E-state index in [4.69, 9.17) is 0 Å². The van der Waals surface area contributed by atoms with Gasteiger partial charge in [0.25, 0.3) is 11.6 Å². The predicted molar refractivity (Wildman–Crippen MR) is 76.1 cm³/mol. The van der Waals surface area contributed by atoms with Gasteiger partial charge in [0.15, 0.2) is 0 Å². The van der Waals surface area contributed by atoms with E-state index in [1.165, 1.54) is 18.2 Å². The number of nitro groups is 1. The number of nitro benzene ring substituents is 1. The molecule has 0 bridgehead atoms. The number of rotatable bonds is 3. The summed E-state index contributed by atoms with van der Waals surface area (Å²) in [5.41, 5.74) is -0.0358. The lowest BCUT2D eigenvalue weighted by Gasteiger charge is -2.12. The standard InChI is InChI=1S/C13H15N5O3/c1-13(2,3)12-15-10(16-17-12)11(19)14-8-5-4-6-9(7-8)18(20)21/h4-7H,1-3H3,(H,14,19)(H,15,16,17). The van der Waals surface area contributed by atoms with E-state index in [9.17, 15) is 14.9 Å². The van der Waals surface area contributed by atoms with Crippen molar-refractivity contribution < 1.29 is 9.72 Å². The Morgan fingerprint density at radius 2 is 2.10 bits per heavy atom. The average molecular weight is 289 g/mol. The molecule has 0 saturated heterocycles. The van der Waals surface area contributed by atoms with E-state index in [0.29, 0.717) is 11.5 Å². The third-order valence-corrected chi connectivity index (χ3v) is 2.71. The van der Waals surface area contributed by atoms with E-state index in [0.717, 1.165) is 0 Å². The van der Waals surface area contributed by atoms with Crippen LogP contribution in [0.3, 0.4) is 0 Å². The van der Waals surface area contributed by atoms with Crippen LogP contribution in [0.15, 0.2) is 24.3 Å². The van der Waals surface area contributed by atoms with Crippen molar-refractivity contribution in [2.75, 3.05) is 5.32 Å². The van der Waals surface area contributed by atoms with Crippen LogP contribution in [0.2, 0.25) is 0 Å². The van der Waals surface area contributed by atoms with Gasteiger partial charge in [0.05, 0.1) is 4.92 Å². The van der Waals surface area contributed by atoms with Gasteiger partial charge in [-0.25, -0.2) is 4.98 Å². The number of aromatic nitrogens is 3. The lowest BCUT2D eigenvalue weighted by atomic mass is 9.96. The van der Waals surface area contributed by atoms with Crippen molar-refractivity contribution in [3.05, 3.63) is 46.0 Å². The van der Waals surface area contributed by atoms with Gasteiger partial charge in [-0.15, -0.1) is 5.10 Å². The second-order valence-electron chi connectivity index (χ2n) is 5.52. The zero-order chi connectivity index (χ0) is 15.6. The fraction of sp³-hybridized carbons (Fsp3) is 0.308. The Morgan fingerprint density at radius 1 is 1.38 bits per heavy atom. The first-order chi connectivity index (χ1) is 9.77. The molecule has 21 heavy (non-hydrogen) atoms. The third kappa shape index (κ3) is 3.41. The highest BCUT2D eigenvalue weighted by atomic mass is 16.6. The summed E-state index contributed by atoms with van der Waals surface area (Å²) in [6.07, 6.45) is 0. The zero-order valence-electron chi connectivity index (χ0n) is 11.9. The molecule has 0 unspecified atom stereocenters. The van der Waals surface area contributed by atoms with E-state index >= 15 is 0 Å². The van der Waals surface area contributed by atoms with Crippen molar-refractivity contribution in [1.29, 1.82) is 0 Å². The molecule has 0 aliphatic rings. The highest BCUT2D eigenvalue weighted by Crippen LogP contribution is 2.19. The van der Waals surface area contributed by atoms with Crippen LogP contribution in [0.1, 0.15) is 37.2 Å². The largest absolute Gasteiger partial charge is 0.319 e. The number of aromatic amines is 1. The van der Waals surface area contributed by atoms with Crippen molar-refractivity contribution in [2.45, 2.75) is 26.2 Å². The van der Waals surface area contributed by atoms with Crippen LogP contribution in [0, 0.1) is 10.1 Å². The van der Waals surface area contributed by atoms with Gasteiger partial charge in [-0.3, -0.25) is 20.0 Å². The third-order valence-electron chi connectivity index (χ3n) is 2.71. The lowest BCUT2D eigenvalue weighted by molar-refractivity contribution is -0.384. The number of nitrogens with zero attached hydrogens (tertiary/aromatic N) is 3. The van der Waals surface area contributed by atoms with E-state index in [1.54, 1.807) is 6.07 Å². The molecule has 0 atom stereocenters. The molecule has 0 spiro atoms. The van der Waals surface area contributed by atoms with Gasteiger partial charge in [0.1, 0.15) is 5.82 Å². The first-order valence-corrected chi connectivity index (χ1v) is 6.26. The number of carbonyl (C=O) groups excluding carboxylic acids is 1. The molecule has 1 aromatic heterocycles. The van der Waals surface area contributed by atoms with Crippen molar-refractivity contribution in [2.24, 2.45) is 0 Å². The minimum Gasteiger partial charge on any atom is -0.319 e. The zero-order valence-corrected chi connectivity index (χ0v) is 11.9. The maximum atomic E-state index is 12.0. The summed E-state index contributed by atoms with van der Waals surface area (Å²) >= 11 is 0. The maximum absolute atomic E-state index is 12.0. The number of anilines is 1. The van der Waals surface area contributed by atoms with E-state index in [-0.39, 0.29) is 16.9 Å². The summed E-state index contributed by atoms with van der Waals surface area (Å²) in [6, 6.07) is 5.67. The van der Waals surface area contributed by atoms with E-state index < -0.39 is 10.8 Å². The van der Waals surface area contributed by atoms with Crippen LogP contribution >= 0.6 is 0 Å². The minimum absolute atomic E-state index is 0.00793. The van der Waals surface area contributed by atoms with Crippen LogP contribution in [0.4, 0.5) is 11.4 Å². The van der Waals surface area contributed by atoms with Crippen LogP contribution < -0.4 is 5.32 Å². The van der Waals surface area contributed by atoms with Crippen molar-refractivity contribution in [3.8, 4) is 0 Å². The lowest BCUT2D eigenvalue weighted by Crippen LogP contribution is -2.16. The van der Waals surface area contributed by atoms with Crippen molar-refractivity contribution >= 4 is 17.3 Å². The number of non-ortho nitro benzene ring substituents is 1. The maximum Gasteiger partial charge on any atom is 0.295 e. The Kier molecular flexibility index (Phi) is 3.70. The van der Waals surface area contributed by atoms with E-state index in [1.807, 2.05) is 20.8 Å². The van der Waals surface area contributed by atoms with Gasteiger partial charge < -0.3 is 5.32 Å². The summed E-state index contributed by atoms with van der Waals surface area (Å²) in [7, 11) is 0. The van der Waals surface area contributed by atoms with Gasteiger partial charge in [0, 0.05) is 23.2 Å². The summed E-state index contributed by atoms with van der Waals surface area (Å²) in [6.45, 7) is 5.82. The molecule has 2 rings (SSSR count). The molecule has 1 amide bonds. The molecular formula is C13H15N5O3. The molecule has 0 aliphatic heterocycles. The van der Waals surface area contributed by atoms with Crippen LogP contribution in [0.25, 0.3) is 0 Å². The van der Waals surface area contributed by atoms with Gasteiger partial charge >= 0.3 is 0 Å². The second kappa shape index (κ2) is 5.31. The summed E-state index contributed by atoms with van der Waals surface area (Å²) < 4.78 is 0. The van der Waals surface area contributed by atoms with Crippen LogP contribution in [0.5, 0.6) is 0 Å². The first kappa shape index (κ1) is 14.6. The fourth-order valence-electron chi connectivity index (χ4n) is 1.58. The summed E-state index contributed by atoms with van der Waals surface area (Å²) in [4.78, 5) is 26.3. The van der Waals surface area contributed by atoms with Crippen molar-refractivity contribution in [3.63, 3.8) is 0 Å². The Balaban J connectivity index is 2.16. The molecule has 110 valence electrons. The van der Waals surface area contributed by atoms with Crippen LogP contribution in [-0.4, -0.2) is 26.0 Å². The average Bonchev–Trinajstić information content (AvgIpc) is 2.88. The predicted octanol–water partition coefficient (Wildman–Crippen LogP) is 2.26. The highest BCUT2D eigenvalue weighted by molar-refractivity contribution is 6.01. The number of nitrogens with one attached hydrogen (secondary N) is 2. The fourth-order valence-corrected chi connectivity index (χ4v) is 1.58. The molecule has 2 aromatic rings. The van der Waals surface area contributed by atoms with Gasteiger partial charge in [-0.2, -0.15) is 0 Å². The Labute approximate surface area is 120 Å². The molecule has 1 heterocycles. The normalized spacial score (nSPS) is 11.2. The Morgan fingerprint density at radius 3 is 2.67 bits per heavy atom. The molecule has 0 aliphatic carbocycles. The molecule has 8 nitrogen and oxygen atoms in total. The SMILES string of the molecule is CC(C)(C)c1nc(C(=O)Nc2cccc([N+](=O)[O-])c2)n[nH]1. The van der Waals surface area contributed by atoms with Crippen LogP contribution in [-0.2, 0) is 5.41 Å². The van der Waals surface area contributed by atoms with Crippen molar-refractivity contribution in [1.82, 2.24) is 15.2 Å². The second-order valence-corrected chi connectivity index (χ2v) is 5.52. The number of H-pyrrole nitrogens is 1. The number of carbonyl (C=O) groups is 1. The molecule has 0 radical (unpaired) electrons. The van der Waals surface area contributed by atoms with Gasteiger partial charge in [-0.1, -0.05) is 26.8 Å². The topological polar surface area (TPSA) is 114 Å². The molecule has 8 heteroatoms. The summed E-state index contributed by atoms with van der Waals surface area (Å²) in [5.74, 6) is 0.0559. The minimum atomic E-state index is -0.528. The molecule has 0 saturated carbocycles. The van der Waals surface area contributed by atoms with Gasteiger partial charge in [0.2, 0.25) is 5.82 Å². The highest BCUT2D eigenvalue weighted by Gasteiger charge is 2.21. The molecular weight excluding hydrogens is 274 g/mol. The smallest absolute Gasteiger partial charge is 0.295 e. The number of benzene rings is 1. The summed E-state index contributed by atoms with van der Waals surface area (Å²) in [5, 5.41) is 19.8. The van der Waals surface area contributed by atoms with E-state index in [2.05, 4.69) is 20.5 Å². The molecule has 1 aromatic carbocycles. The monoisotopic (exact) mass is 289 g/mol. The first-order valence-electron chi connectivity index (χ1n) is 6.26.